The first-order valence-electron chi connectivity index (χ1n) is 7.45. The van der Waals surface area contributed by atoms with Gasteiger partial charge in [-0.3, -0.25) is 0 Å². The van der Waals surface area contributed by atoms with Gasteiger partial charge in [0.2, 0.25) is 0 Å². The van der Waals surface area contributed by atoms with Crippen LogP contribution in [0.15, 0.2) is 42.5 Å². The number of anilines is 1. The standard InChI is InChI=1S/C19H12Cl2FN3O/c1-26-17-6-5-10(7-15(17)22)16-8-11(12(9-23)19(24)25-16)18-13(20)3-2-4-14(18)21/h2-8H,1H3,(H2,24,25). The van der Waals surface area contributed by atoms with E-state index in [1.165, 1.54) is 19.2 Å². The van der Waals surface area contributed by atoms with Gasteiger partial charge < -0.3 is 10.5 Å². The number of nitrogens with two attached hydrogens (primary N) is 1. The third-order valence-electron chi connectivity index (χ3n) is 3.84. The molecular weight excluding hydrogens is 376 g/mol. The van der Waals surface area contributed by atoms with E-state index in [1.54, 1.807) is 30.3 Å². The average Bonchev–Trinajstić information content (AvgIpc) is 2.61. The number of halogens is 3. The second-order valence-corrected chi connectivity index (χ2v) is 6.19. The monoisotopic (exact) mass is 387 g/mol. The number of benzene rings is 2. The lowest BCUT2D eigenvalue weighted by Crippen LogP contribution is -2.00. The Hall–Kier alpha value is -2.81. The van der Waals surface area contributed by atoms with Crippen LogP contribution in [0.2, 0.25) is 10.0 Å². The van der Waals surface area contributed by atoms with Crippen molar-refractivity contribution in [3.63, 3.8) is 0 Å². The second-order valence-electron chi connectivity index (χ2n) is 5.37. The van der Waals surface area contributed by atoms with Gasteiger partial charge in [0.05, 0.1) is 12.8 Å². The van der Waals surface area contributed by atoms with Crippen LogP contribution in [0.4, 0.5) is 10.2 Å². The Kier molecular flexibility index (Phi) is 4.99. The third kappa shape index (κ3) is 3.17. The number of aromatic nitrogens is 1. The van der Waals surface area contributed by atoms with Gasteiger partial charge in [-0.25, -0.2) is 9.37 Å². The minimum Gasteiger partial charge on any atom is -0.494 e. The number of hydrogen-bond donors (Lipinski definition) is 1. The van der Waals surface area contributed by atoms with Crippen LogP contribution in [0.1, 0.15) is 5.56 Å². The summed E-state index contributed by atoms with van der Waals surface area (Å²) >= 11 is 12.6. The van der Waals surface area contributed by atoms with Crippen molar-refractivity contribution in [1.29, 1.82) is 5.26 Å². The van der Waals surface area contributed by atoms with E-state index in [0.717, 1.165) is 0 Å². The maximum absolute atomic E-state index is 14.1. The molecule has 0 radical (unpaired) electrons. The Bertz CT molecular complexity index is 1030. The van der Waals surface area contributed by atoms with Crippen molar-refractivity contribution < 1.29 is 9.13 Å². The molecule has 0 aliphatic heterocycles. The fourth-order valence-corrected chi connectivity index (χ4v) is 3.21. The third-order valence-corrected chi connectivity index (χ3v) is 4.47. The summed E-state index contributed by atoms with van der Waals surface area (Å²) in [5.74, 6) is -0.413. The molecular formula is C19H12Cl2FN3O. The zero-order valence-electron chi connectivity index (χ0n) is 13.6. The van der Waals surface area contributed by atoms with E-state index in [2.05, 4.69) is 4.98 Å². The summed E-state index contributed by atoms with van der Waals surface area (Å²) in [5, 5.41) is 10.2. The van der Waals surface area contributed by atoms with E-state index >= 15 is 0 Å². The summed E-state index contributed by atoms with van der Waals surface area (Å²) in [7, 11) is 1.38. The van der Waals surface area contributed by atoms with Gasteiger partial charge in [-0.1, -0.05) is 29.3 Å². The Morgan fingerprint density at radius 3 is 2.42 bits per heavy atom. The van der Waals surface area contributed by atoms with Crippen molar-refractivity contribution in [3.8, 4) is 34.2 Å². The van der Waals surface area contributed by atoms with E-state index in [0.29, 0.717) is 32.4 Å². The van der Waals surface area contributed by atoms with E-state index in [9.17, 15) is 9.65 Å². The molecule has 0 bridgehead atoms. The largest absolute Gasteiger partial charge is 0.494 e. The Labute approximate surface area is 159 Å². The smallest absolute Gasteiger partial charge is 0.165 e. The number of nitrogens with zero attached hydrogens (tertiary/aromatic N) is 2. The van der Waals surface area contributed by atoms with Gasteiger partial charge in [0.15, 0.2) is 11.6 Å². The molecule has 0 spiro atoms. The molecule has 0 amide bonds. The molecule has 0 aliphatic rings. The summed E-state index contributed by atoms with van der Waals surface area (Å²) in [5.41, 5.74) is 7.87. The zero-order chi connectivity index (χ0) is 18.8. The van der Waals surface area contributed by atoms with Crippen molar-refractivity contribution in [2.75, 3.05) is 12.8 Å². The highest BCUT2D eigenvalue weighted by Gasteiger charge is 2.18. The number of ether oxygens (including phenoxy) is 1. The second kappa shape index (κ2) is 7.20. The molecule has 4 nitrogen and oxygen atoms in total. The van der Waals surface area contributed by atoms with E-state index in [4.69, 9.17) is 33.7 Å². The topological polar surface area (TPSA) is 71.9 Å². The van der Waals surface area contributed by atoms with Crippen LogP contribution in [-0.4, -0.2) is 12.1 Å². The van der Waals surface area contributed by atoms with E-state index < -0.39 is 5.82 Å². The minimum atomic E-state index is -0.535. The summed E-state index contributed by atoms with van der Waals surface area (Å²) in [6, 6.07) is 13.1. The number of methoxy groups -OCH3 is 1. The quantitative estimate of drug-likeness (QED) is 0.659. The van der Waals surface area contributed by atoms with Crippen LogP contribution in [-0.2, 0) is 0 Å². The highest BCUT2D eigenvalue weighted by molar-refractivity contribution is 6.39. The van der Waals surface area contributed by atoms with Crippen LogP contribution in [0.5, 0.6) is 5.75 Å². The van der Waals surface area contributed by atoms with E-state index in [1.807, 2.05) is 6.07 Å². The molecule has 130 valence electrons. The number of hydrogen-bond acceptors (Lipinski definition) is 4. The molecule has 26 heavy (non-hydrogen) atoms. The fraction of sp³-hybridized carbons (Fsp3) is 0.0526. The SMILES string of the molecule is COc1ccc(-c2cc(-c3c(Cl)cccc3Cl)c(C#N)c(N)n2)cc1F. The normalized spacial score (nSPS) is 10.4. The van der Waals surface area contributed by atoms with Crippen LogP contribution >= 0.6 is 23.2 Å². The molecule has 2 aromatic carbocycles. The summed E-state index contributed by atoms with van der Waals surface area (Å²) in [6.45, 7) is 0. The van der Waals surface area contributed by atoms with Crippen molar-refractivity contribution in [1.82, 2.24) is 4.98 Å². The van der Waals surface area contributed by atoms with Gasteiger partial charge >= 0.3 is 0 Å². The number of nitrogen functional groups attached to an aromatic ring is 1. The zero-order valence-corrected chi connectivity index (χ0v) is 15.1. The molecule has 0 aliphatic carbocycles. The van der Waals surface area contributed by atoms with Crippen molar-refractivity contribution >= 4 is 29.0 Å². The van der Waals surface area contributed by atoms with Gasteiger partial charge in [-0.05, 0) is 36.4 Å². The first-order chi connectivity index (χ1) is 12.5. The van der Waals surface area contributed by atoms with Gasteiger partial charge in [-0.15, -0.1) is 0 Å². The Balaban J connectivity index is 2.27. The molecule has 0 saturated carbocycles. The number of pyridine rings is 1. The molecule has 0 unspecified atom stereocenters. The highest BCUT2D eigenvalue weighted by Crippen LogP contribution is 2.39. The lowest BCUT2D eigenvalue weighted by molar-refractivity contribution is 0.386. The van der Waals surface area contributed by atoms with Gasteiger partial charge in [0.25, 0.3) is 0 Å². The first kappa shape index (κ1) is 18.0. The summed E-state index contributed by atoms with van der Waals surface area (Å²) < 4.78 is 19.0. The first-order valence-corrected chi connectivity index (χ1v) is 8.20. The molecule has 3 aromatic rings. The molecule has 7 heteroatoms. The van der Waals surface area contributed by atoms with Crippen LogP contribution in [0, 0.1) is 17.1 Å². The Morgan fingerprint density at radius 1 is 1.15 bits per heavy atom. The predicted octanol–water partition coefficient (Wildman–Crippen LogP) is 5.32. The summed E-state index contributed by atoms with van der Waals surface area (Å²) in [6.07, 6.45) is 0. The number of nitriles is 1. The predicted molar refractivity (Wildman–Crippen MR) is 101 cm³/mol. The fourth-order valence-electron chi connectivity index (χ4n) is 2.61. The molecule has 1 heterocycles. The molecule has 0 atom stereocenters. The van der Waals surface area contributed by atoms with Crippen LogP contribution < -0.4 is 10.5 Å². The van der Waals surface area contributed by atoms with Gasteiger partial charge in [0.1, 0.15) is 17.5 Å². The molecule has 2 N–H and O–H groups in total. The van der Waals surface area contributed by atoms with Gasteiger partial charge in [0, 0.05) is 26.7 Å². The molecule has 1 aromatic heterocycles. The maximum Gasteiger partial charge on any atom is 0.165 e. The van der Waals surface area contributed by atoms with Crippen LogP contribution in [0.3, 0.4) is 0 Å². The van der Waals surface area contributed by atoms with E-state index in [-0.39, 0.29) is 17.1 Å². The maximum atomic E-state index is 14.1. The van der Waals surface area contributed by atoms with Gasteiger partial charge in [-0.2, -0.15) is 5.26 Å². The molecule has 0 saturated heterocycles. The van der Waals surface area contributed by atoms with Crippen molar-refractivity contribution in [2.45, 2.75) is 0 Å². The lowest BCUT2D eigenvalue weighted by Gasteiger charge is -2.13. The van der Waals surface area contributed by atoms with Crippen LogP contribution in [0.25, 0.3) is 22.4 Å². The summed E-state index contributed by atoms with van der Waals surface area (Å²) in [4.78, 5) is 4.22. The average molecular weight is 388 g/mol. The number of rotatable bonds is 3. The highest BCUT2D eigenvalue weighted by atomic mass is 35.5. The Morgan fingerprint density at radius 2 is 1.85 bits per heavy atom. The molecule has 0 fully saturated rings. The van der Waals surface area contributed by atoms with Crippen molar-refractivity contribution in [2.24, 2.45) is 0 Å². The van der Waals surface area contributed by atoms with Crippen molar-refractivity contribution in [3.05, 3.63) is 63.9 Å². The molecule has 3 rings (SSSR count). The minimum absolute atomic E-state index is 0.00668. The lowest BCUT2D eigenvalue weighted by atomic mass is 9.98.